The number of carbonyl (C=O) groups is 1. The first-order valence-corrected chi connectivity index (χ1v) is 3.54. The number of anilines is 1. The lowest BCUT2D eigenvalue weighted by Crippen LogP contribution is -1.82. The predicted octanol–water partition coefficient (Wildman–Crippen LogP) is 1.67. The molecular weight excluding hydrogens is 154 g/mol. The van der Waals surface area contributed by atoms with Gasteiger partial charge in [0.2, 0.25) is 0 Å². The molecule has 0 saturated heterocycles. The number of carboxylic acids is 1. The van der Waals surface area contributed by atoms with Crippen LogP contribution in [0.15, 0.2) is 24.3 Å². The van der Waals surface area contributed by atoms with Crippen LogP contribution in [0.1, 0.15) is 12.5 Å². The Balaban J connectivity index is 0.000000261. The smallest absolute Gasteiger partial charge is 0.300 e. The van der Waals surface area contributed by atoms with Crippen molar-refractivity contribution in [3.63, 3.8) is 0 Å². The highest BCUT2D eigenvalue weighted by molar-refractivity contribution is 5.62. The number of nitrogen functional groups attached to an aromatic ring is 1. The third kappa shape index (κ3) is 6.61. The number of rotatable bonds is 0. The molecule has 1 aromatic carbocycles. The van der Waals surface area contributed by atoms with Gasteiger partial charge in [-0.1, -0.05) is 12.1 Å². The first-order valence-electron chi connectivity index (χ1n) is 3.54. The summed E-state index contributed by atoms with van der Waals surface area (Å²) in [5.74, 6) is -0.833. The molecule has 0 aromatic heterocycles. The maximum Gasteiger partial charge on any atom is 0.300 e. The molecule has 1 rings (SSSR count). The van der Waals surface area contributed by atoms with Crippen molar-refractivity contribution >= 4 is 11.7 Å². The van der Waals surface area contributed by atoms with Gasteiger partial charge < -0.3 is 10.8 Å². The molecule has 3 heteroatoms. The zero-order valence-corrected chi connectivity index (χ0v) is 7.24. The van der Waals surface area contributed by atoms with Crippen molar-refractivity contribution in [1.82, 2.24) is 0 Å². The summed E-state index contributed by atoms with van der Waals surface area (Å²) in [6.45, 7) is 3.11. The molecule has 0 unspecified atom stereocenters. The molecule has 3 N–H and O–H groups in total. The summed E-state index contributed by atoms with van der Waals surface area (Å²) in [4.78, 5) is 9.00. The average molecular weight is 167 g/mol. The molecule has 0 bridgehead atoms. The lowest BCUT2D eigenvalue weighted by atomic mass is 10.2. The largest absolute Gasteiger partial charge is 0.481 e. The van der Waals surface area contributed by atoms with Gasteiger partial charge in [0, 0.05) is 12.6 Å². The standard InChI is InChI=1S/C7H9N.C2H4O2/c1-6-3-2-4-7(8)5-6;1-2(3)4/h2-5H,8H2,1H3;1H3,(H,3,4). The van der Waals surface area contributed by atoms with Gasteiger partial charge in [-0.25, -0.2) is 0 Å². The number of benzene rings is 1. The summed E-state index contributed by atoms with van der Waals surface area (Å²) in [5, 5.41) is 7.42. The Morgan fingerprint density at radius 1 is 1.50 bits per heavy atom. The lowest BCUT2D eigenvalue weighted by Gasteiger charge is -1.91. The van der Waals surface area contributed by atoms with E-state index in [1.165, 1.54) is 5.56 Å². The fourth-order valence-corrected chi connectivity index (χ4v) is 0.670. The number of hydrogen-bond donors (Lipinski definition) is 2. The van der Waals surface area contributed by atoms with Crippen molar-refractivity contribution in [2.24, 2.45) is 0 Å². The van der Waals surface area contributed by atoms with Crippen molar-refractivity contribution < 1.29 is 9.90 Å². The van der Waals surface area contributed by atoms with Crippen molar-refractivity contribution in [2.75, 3.05) is 5.73 Å². The highest BCUT2D eigenvalue weighted by Gasteiger charge is 1.81. The van der Waals surface area contributed by atoms with E-state index >= 15 is 0 Å². The van der Waals surface area contributed by atoms with Gasteiger partial charge in [-0.3, -0.25) is 4.79 Å². The third-order valence-electron chi connectivity index (χ3n) is 1.04. The van der Waals surface area contributed by atoms with Gasteiger partial charge in [0.05, 0.1) is 0 Å². The molecule has 1 aromatic rings. The van der Waals surface area contributed by atoms with Crippen LogP contribution in [0.4, 0.5) is 5.69 Å². The first kappa shape index (κ1) is 10.5. The summed E-state index contributed by atoms with van der Waals surface area (Å²) in [7, 11) is 0. The van der Waals surface area contributed by atoms with Crippen LogP contribution in [-0.4, -0.2) is 11.1 Å². The van der Waals surface area contributed by atoms with E-state index in [2.05, 4.69) is 0 Å². The van der Waals surface area contributed by atoms with Crippen LogP contribution in [0, 0.1) is 6.92 Å². The Hall–Kier alpha value is -1.51. The Morgan fingerprint density at radius 2 is 2.00 bits per heavy atom. The fraction of sp³-hybridized carbons (Fsp3) is 0.222. The van der Waals surface area contributed by atoms with Crippen LogP contribution in [0.2, 0.25) is 0 Å². The molecule has 0 spiro atoms. The number of nitrogens with two attached hydrogens (primary N) is 1. The number of aryl methyl sites for hydroxylation is 1. The molecule has 0 saturated carbocycles. The molecule has 12 heavy (non-hydrogen) atoms. The minimum absolute atomic E-state index is 0.833. The van der Waals surface area contributed by atoms with Gasteiger partial charge in [-0.05, 0) is 24.6 Å². The number of aliphatic carboxylic acids is 1. The normalized spacial score (nSPS) is 8.17. The molecule has 0 atom stereocenters. The molecular formula is C9H13NO2. The van der Waals surface area contributed by atoms with Gasteiger partial charge in [-0.2, -0.15) is 0 Å². The van der Waals surface area contributed by atoms with E-state index in [0.29, 0.717) is 0 Å². The van der Waals surface area contributed by atoms with Crippen molar-refractivity contribution in [3.8, 4) is 0 Å². The highest BCUT2D eigenvalue weighted by Crippen LogP contribution is 2.03. The van der Waals surface area contributed by atoms with Gasteiger partial charge in [0.25, 0.3) is 5.97 Å². The molecule has 0 fully saturated rings. The second-order valence-corrected chi connectivity index (χ2v) is 2.43. The minimum atomic E-state index is -0.833. The van der Waals surface area contributed by atoms with Gasteiger partial charge in [0.1, 0.15) is 0 Å². The monoisotopic (exact) mass is 167 g/mol. The topological polar surface area (TPSA) is 63.3 Å². The van der Waals surface area contributed by atoms with Crippen molar-refractivity contribution in [1.29, 1.82) is 0 Å². The van der Waals surface area contributed by atoms with E-state index in [9.17, 15) is 0 Å². The zero-order valence-electron chi connectivity index (χ0n) is 7.24. The third-order valence-corrected chi connectivity index (χ3v) is 1.04. The van der Waals surface area contributed by atoms with Crippen LogP contribution in [0.25, 0.3) is 0 Å². The molecule has 0 aliphatic carbocycles. The zero-order chi connectivity index (χ0) is 9.56. The summed E-state index contributed by atoms with van der Waals surface area (Å²) >= 11 is 0. The van der Waals surface area contributed by atoms with Crippen LogP contribution in [-0.2, 0) is 4.79 Å². The van der Waals surface area contributed by atoms with Crippen LogP contribution < -0.4 is 5.73 Å². The quantitative estimate of drug-likeness (QED) is 0.578. The summed E-state index contributed by atoms with van der Waals surface area (Å²) in [6.07, 6.45) is 0. The van der Waals surface area contributed by atoms with E-state index in [1.807, 2.05) is 31.2 Å². The number of carboxylic acid groups (broad SMARTS) is 1. The molecule has 0 aliphatic rings. The lowest BCUT2D eigenvalue weighted by molar-refractivity contribution is -0.134. The highest BCUT2D eigenvalue weighted by atomic mass is 16.4. The Kier molecular flexibility index (Phi) is 4.53. The van der Waals surface area contributed by atoms with E-state index in [1.54, 1.807) is 0 Å². The van der Waals surface area contributed by atoms with Gasteiger partial charge in [0.15, 0.2) is 0 Å². The first-order chi connectivity index (χ1) is 5.52. The fourth-order valence-electron chi connectivity index (χ4n) is 0.670. The Morgan fingerprint density at radius 3 is 2.25 bits per heavy atom. The SMILES string of the molecule is CC(=O)O.Cc1cccc(N)c1. The van der Waals surface area contributed by atoms with Crippen LogP contribution in [0.3, 0.4) is 0 Å². The van der Waals surface area contributed by atoms with Gasteiger partial charge in [-0.15, -0.1) is 0 Å². The van der Waals surface area contributed by atoms with Crippen molar-refractivity contribution in [3.05, 3.63) is 29.8 Å². The molecule has 3 nitrogen and oxygen atoms in total. The second-order valence-electron chi connectivity index (χ2n) is 2.43. The molecule has 0 heterocycles. The van der Waals surface area contributed by atoms with Crippen LogP contribution in [0.5, 0.6) is 0 Å². The van der Waals surface area contributed by atoms with Crippen LogP contribution >= 0.6 is 0 Å². The van der Waals surface area contributed by atoms with Gasteiger partial charge >= 0.3 is 0 Å². The Labute approximate surface area is 71.8 Å². The van der Waals surface area contributed by atoms with E-state index < -0.39 is 5.97 Å². The summed E-state index contributed by atoms with van der Waals surface area (Å²) in [6, 6.07) is 7.80. The summed E-state index contributed by atoms with van der Waals surface area (Å²) < 4.78 is 0. The maximum absolute atomic E-state index is 9.00. The predicted molar refractivity (Wildman–Crippen MR) is 48.9 cm³/mol. The molecule has 0 amide bonds. The van der Waals surface area contributed by atoms with Crippen molar-refractivity contribution in [2.45, 2.75) is 13.8 Å². The van der Waals surface area contributed by atoms with E-state index in [-0.39, 0.29) is 0 Å². The molecule has 0 aliphatic heterocycles. The maximum atomic E-state index is 9.00. The molecule has 0 radical (unpaired) electrons. The second kappa shape index (κ2) is 5.18. The average Bonchev–Trinajstić information content (AvgIpc) is 1.84. The number of hydrogen-bond acceptors (Lipinski definition) is 2. The molecule has 66 valence electrons. The minimum Gasteiger partial charge on any atom is -0.481 e. The van der Waals surface area contributed by atoms with E-state index in [4.69, 9.17) is 15.6 Å². The Bertz CT molecular complexity index is 237. The summed E-state index contributed by atoms with van der Waals surface area (Å²) in [5.41, 5.74) is 7.51. The van der Waals surface area contributed by atoms with E-state index in [0.717, 1.165) is 12.6 Å².